The Kier molecular flexibility index (Phi) is 9.40. The summed E-state index contributed by atoms with van der Waals surface area (Å²) in [6.45, 7) is 6.80. The van der Waals surface area contributed by atoms with Crippen molar-refractivity contribution >= 4 is 11.6 Å². The molecule has 1 aliphatic heterocycles. The van der Waals surface area contributed by atoms with Crippen molar-refractivity contribution in [3.63, 3.8) is 0 Å². The molecule has 5 nitrogen and oxygen atoms in total. The van der Waals surface area contributed by atoms with Crippen LogP contribution in [-0.4, -0.2) is 37.6 Å². The number of rotatable bonds is 10. The smallest absolute Gasteiger partial charge is 0.226 e. The average Bonchev–Trinajstić information content (AvgIpc) is 2.92. The minimum Gasteiger partial charge on any atom is -0.497 e. The largest absolute Gasteiger partial charge is 0.497 e. The molecule has 1 fully saturated rings. The number of piperidine rings is 1. The van der Waals surface area contributed by atoms with Gasteiger partial charge in [-0.15, -0.1) is 0 Å². The van der Waals surface area contributed by atoms with Gasteiger partial charge in [0.25, 0.3) is 0 Å². The highest BCUT2D eigenvalue weighted by atomic mass is 19.1. The van der Waals surface area contributed by atoms with Crippen LogP contribution in [0.15, 0.2) is 72.3 Å². The minimum absolute atomic E-state index is 0.0374. The lowest BCUT2D eigenvalue weighted by atomic mass is 9.89. The van der Waals surface area contributed by atoms with Crippen LogP contribution in [0.2, 0.25) is 0 Å². The maximum Gasteiger partial charge on any atom is 0.226 e. The van der Waals surface area contributed by atoms with Crippen molar-refractivity contribution < 1.29 is 18.7 Å². The summed E-state index contributed by atoms with van der Waals surface area (Å²) in [6.07, 6.45) is 7.21. The van der Waals surface area contributed by atoms with Crippen molar-refractivity contribution in [1.82, 2.24) is 4.90 Å². The van der Waals surface area contributed by atoms with Crippen LogP contribution < -0.4 is 10.1 Å². The standard InChI is InChI=1S/C31H39FN2O3/c1-22(2)31(35)33-27-6-4-5-25(21-27)23-15-18-34(19-16-23)20-17-30(24-7-11-28(36-3)12-8-24)37-29-13-9-26(32)10-14-29/h4-9,11-13,21-23,30H,10,14-20H2,1-3H3,(H,33,35). The number of hydrogen-bond acceptors (Lipinski definition) is 4. The number of carbonyl (C=O) groups excluding carboxylic acids is 1. The highest BCUT2D eigenvalue weighted by Crippen LogP contribution is 2.33. The van der Waals surface area contributed by atoms with Gasteiger partial charge in [0.1, 0.15) is 17.7 Å². The molecule has 0 aromatic heterocycles. The normalized spacial score (nSPS) is 17.6. The van der Waals surface area contributed by atoms with E-state index in [0.717, 1.165) is 61.7 Å². The van der Waals surface area contributed by atoms with Crippen LogP contribution >= 0.6 is 0 Å². The Morgan fingerprint density at radius 1 is 1.08 bits per heavy atom. The van der Waals surface area contributed by atoms with Crippen molar-refractivity contribution in [3.8, 4) is 5.75 Å². The minimum atomic E-state index is -0.0935. The number of benzene rings is 2. The molecular formula is C31H39FN2O3. The van der Waals surface area contributed by atoms with Crippen LogP contribution in [0.1, 0.15) is 69.1 Å². The van der Waals surface area contributed by atoms with Gasteiger partial charge in [0.15, 0.2) is 0 Å². The number of nitrogens with one attached hydrogen (secondary N) is 1. The quantitative estimate of drug-likeness (QED) is 0.372. The van der Waals surface area contributed by atoms with Crippen LogP contribution in [0.3, 0.4) is 0 Å². The van der Waals surface area contributed by atoms with Crippen molar-refractivity contribution in [1.29, 1.82) is 0 Å². The van der Waals surface area contributed by atoms with E-state index in [1.165, 1.54) is 11.6 Å². The summed E-state index contributed by atoms with van der Waals surface area (Å²) < 4.78 is 25.2. The highest BCUT2D eigenvalue weighted by Gasteiger charge is 2.23. The van der Waals surface area contributed by atoms with E-state index in [1.807, 2.05) is 38.1 Å². The maximum atomic E-state index is 13.5. The first-order valence-corrected chi connectivity index (χ1v) is 13.4. The van der Waals surface area contributed by atoms with E-state index < -0.39 is 0 Å². The van der Waals surface area contributed by atoms with Crippen LogP contribution in [0.5, 0.6) is 5.75 Å². The molecule has 6 heteroatoms. The Labute approximate surface area is 220 Å². The molecule has 0 radical (unpaired) electrons. The molecule has 4 rings (SSSR count). The molecule has 1 N–H and O–H groups in total. The number of amides is 1. The van der Waals surface area contributed by atoms with Gasteiger partial charge in [-0.1, -0.05) is 38.1 Å². The summed E-state index contributed by atoms with van der Waals surface area (Å²) in [6, 6.07) is 16.3. The first-order chi connectivity index (χ1) is 17.9. The number of anilines is 1. The zero-order chi connectivity index (χ0) is 26.2. The average molecular weight is 507 g/mol. The maximum absolute atomic E-state index is 13.5. The van der Waals surface area contributed by atoms with E-state index in [1.54, 1.807) is 13.2 Å². The van der Waals surface area contributed by atoms with E-state index in [2.05, 4.69) is 34.5 Å². The summed E-state index contributed by atoms with van der Waals surface area (Å²) in [5.41, 5.74) is 3.28. The van der Waals surface area contributed by atoms with Crippen molar-refractivity contribution in [2.45, 2.75) is 58.0 Å². The van der Waals surface area contributed by atoms with Crippen LogP contribution in [0.25, 0.3) is 0 Å². The van der Waals surface area contributed by atoms with Gasteiger partial charge < -0.3 is 19.7 Å². The monoisotopic (exact) mass is 506 g/mol. The van der Waals surface area contributed by atoms with Crippen LogP contribution in [-0.2, 0) is 9.53 Å². The second-order valence-electron chi connectivity index (χ2n) is 10.3. The molecule has 0 saturated carbocycles. The third-order valence-electron chi connectivity index (χ3n) is 7.29. The fraction of sp³-hybridized carbons (Fsp3) is 0.452. The second kappa shape index (κ2) is 12.9. The first kappa shape index (κ1) is 26.9. The molecule has 37 heavy (non-hydrogen) atoms. The Hall–Kier alpha value is -3.12. The summed E-state index contributed by atoms with van der Waals surface area (Å²) in [5.74, 6) is 2.07. The fourth-order valence-corrected chi connectivity index (χ4v) is 4.93. The van der Waals surface area contributed by atoms with E-state index in [0.29, 0.717) is 18.8 Å². The number of halogens is 1. The van der Waals surface area contributed by atoms with Gasteiger partial charge in [-0.05, 0) is 79.4 Å². The molecule has 0 spiro atoms. The molecule has 1 unspecified atom stereocenters. The van der Waals surface area contributed by atoms with Gasteiger partial charge in [-0.3, -0.25) is 4.79 Å². The predicted octanol–water partition coefficient (Wildman–Crippen LogP) is 7.15. The Bertz CT molecular complexity index is 1100. The van der Waals surface area contributed by atoms with Gasteiger partial charge in [0, 0.05) is 37.4 Å². The van der Waals surface area contributed by atoms with Crippen molar-refractivity contribution in [2.75, 3.05) is 32.1 Å². The van der Waals surface area contributed by atoms with Crippen LogP contribution in [0, 0.1) is 5.92 Å². The van der Waals surface area contributed by atoms with Gasteiger partial charge in [-0.2, -0.15) is 0 Å². The SMILES string of the molecule is COc1ccc(C(CCN2CCC(c3cccc(NC(=O)C(C)C)c3)CC2)OC2=CC=C(F)CC2)cc1. The number of ether oxygens (including phenoxy) is 2. The number of likely N-dealkylation sites (tertiary alicyclic amines) is 1. The lowest BCUT2D eigenvalue weighted by molar-refractivity contribution is -0.118. The molecule has 2 aromatic carbocycles. The molecule has 1 saturated heterocycles. The Morgan fingerprint density at radius 3 is 2.49 bits per heavy atom. The van der Waals surface area contributed by atoms with E-state index >= 15 is 0 Å². The van der Waals surface area contributed by atoms with Gasteiger partial charge in [-0.25, -0.2) is 4.39 Å². The van der Waals surface area contributed by atoms with Gasteiger partial charge in [0.05, 0.1) is 12.9 Å². The zero-order valence-electron chi connectivity index (χ0n) is 22.2. The van der Waals surface area contributed by atoms with E-state index in [9.17, 15) is 9.18 Å². The number of allylic oxidation sites excluding steroid dienone is 4. The van der Waals surface area contributed by atoms with Gasteiger partial charge in [0.2, 0.25) is 5.91 Å². The van der Waals surface area contributed by atoms with Crippen LogP contribution in [0.4, 0.5) is 10.1 Å². The van der Waals surface area contributed by atoms with Crippen molar-refractivity contribution in [2.24, 2.45) is 5.92 Å². The van der Waals surface area contributed by atoms with Gasteiger partial charge >= 0.3 is 0 Å². The molecule has 0 bridgehead atoms. The third kappa shape index (κ3) is 7.68. The summed E-state index contributed by atoms with van der Waals surface area (Å²) in [5, 5.41) is 3.02. The highest BCUT2D eigenvalue weighted by molar-refractivity contribution is 5.92. The Morgan fingerprint density at radius 2 is 1.84 bits per heavy atom. The molecule has 198 valence electrons. The van der Waals surface area contributed by atoms with E-state index in [4.69, 9.17) is 9.47 Å². The number of carbonyl (C=O) groups is 1. The number of methoxy groups -OCH3 is 1. The molecule has 1 amide bonds. The fourth-order valence-electron chi connectivity index (χ4n) is 4.93. The second-order valence-corrected chi connectivity index (χ2v) is 10.3. The molecule has 2 aromatic rings. The third-order valence-corrected chi connectivity index (χ3v) is 7.29. The molecular weight excluding hydrogens is 467 g/mol. The molecule has 1 atom stereocenters. The topological polar surface area (TPSA) is 50.8 Å². The summed E-state index contributed by atoms with van der Waals surface area (Å²) in [7, 11) is 1.66. The van der Waals surface area contributed by atoms with E-state index in [-0.39, 0.29) is 23.8 Å². The number of hydrogen-bond donors (Lipinski definition) is 1. The first-order valence-electron chi connectivity index (χ1n) is 13.4. The lowest BCUT2D eigenvalue weighted by Crippen LogP contribution is -2.34. The molecule has 1 heterocycles. The Balaban J connectivity index is 1.34. The molecule has 2 aliphatic rings. The zero-order valence-corrected chi connectivity index (χ0v) is 22.2. The summed E-state index contributed by atoms with van der Waals surface area (Å²) >= 11 is 0. The summed E-state index contributed by atoms with van der Waals surface area (Å²) in [4.78, 5) is 14.6. The van der Waals surface area contributed by atoms with Crippen molar-refractivity contribution in [3.05, 3.63) is 83.4 Å². The predicted molar refractivity (Wildman–Crippen MR) is 146 cm³/mol. The number of nitrogens with zero attached hydrogens (tertiary/aromatic N) is 1. The lowest BCUT2D eigenvalue weighted by Gasteiger charge is -2.33. The molecule has 1 aliphatic carbocycles.